The average Bonchev–Trinajstić information content (AvgIpc) is 2.62. The van der Waals surface area contributed by atoms with Gasteiger partial charge in [0, 0.05) is 20.8 Å². The van der Waals surface area contributed by atoms with Crippen molar-refractivity contribution in [2.45, 2.75) is 6.61 Å². The molecule has 2 aromatic rings. The van der Waals surface area contributed by atoms with Crippen LogP contribution < -0.4 is 4.74 Å². The molecule has 1 heterocycles. The zero-order chi connectivity index (χ0) is 12.4. The minimum atomic E-state index is -0.715. The van der Waals surface area contributed by atoms with Crippen molar-refractivity contribution in [3.63, 3.8) is 0 Å². The van der Waals surface area contributed by atoms with Crippen molar-refractivity contribution in [3.05, 3.63) is 49.0 Å². The summed E-state index contributed by atoms with van der Waals surface area (Å²) in [6.45, 7) is 0.247. The maximum Gasteiger partial charge on any atom is 0.169 e. The lowest BCUT2D eigenvalue weighted by Gasteiger charge is -2.08. The van der Waals surface area contributed by atoms with Crippen LogP contribution in [-0.2, 0) is 6.61 Å². The van der Waals surface area contributed by atoms with Gasteiger partial charge >= 0.3 is 0 Å². The Bertz CT molecular complexity index is 519. The van der Waals surface area contributed by atoms with Crippen LogP contribution in [0, 0.1) is 11.6 Å². The third-order valence-electron chi connectivity index (χ3n) is 1.94. The molecule has 1 nitrogen and oxygen atoms in total. The van der Waals surface area contributed by atoms with E-state index >= 15 is 0 Å². The fourth-order valence-corrected chi connectivity index (χ4v) is 3.12. The van der Waals surface area contributed by atoms with Gasteiger partial charge in [-0.3, -0.25) is 0 Å². The van der Waals surface area contributed by atoms with E-state index < -0.39 is 11.6 Å². The predicted molar refractivity (Wildman–Crippen MR) is 70.4 cm³/mol. The maximum absolute atomic E-state index is 13.4. The van der Waals surface area contributed by atoms with E-state index in [9.17, 15) is 8.78 Å². The van der Waals surface area contributed by atoms with Crippen molar-refractivity contribution < 1.29 is 13.5 Å². The number of benzene rings is 1. The lowest BCUT2D eigenvalue weighted by Crippen LogP contribution is -1.97. The van der Waals surface area contributed by atoms with Gasteiger partial charge in [0.2, 0.25) is 0 Å². The van der Waals surface area contributed by atoms with Crippen molar-refractivity contribution in [2.24, 2.45) is 0 Å². The molecule has 0 saturated heterocycles. The van der Waals surface area contributed by atoms with Gasteiger partial charge in [0.25, 0.3) is 0 Å². The molecular formula is C11H6Br2F2OS. The number of ether oxygens (including phenoxy) is 1. The standard InChI is InChI=1S/C11H6Br2F2OS/c12-6-1-8(17-5-6)4-16-11-9(13)2-7(14)3-10(11)15/h1-3,5H,4H2. The quantitative estimate of drug-likeness (QED) is 0.713. The summed E-state index contributed by atoms with van der Waals surface area (Å²) in [6, 6.07) is 3.85. The zero-order valence-corrected chi connectivity index (χ0v) is 12.3. The average molecular weight is 384 g/mol. The van der Waals surface area contributed by atoms with Crippen molar-refractivity contribution in [1.29, 1.82) is 0 Å². The first kappa shape index (κ1) is 13.0. The Kier molecular flexibility index (Phi) is 4.17. The molecule has 1 aromatic heterocycles. The van der Waals surface area contributed by atoms with E-state index in [1.165, 1.54) is 17.4 Å². The van der Waals surface area contributed by atoms with Crippen LogP contribution in [0.5, 0.6) is 5.75 Å². The summed E-state index contributed by atoms with van der Waals surface area (Å²) in [5.74, 6) is -1.33. The van der Waals surface area contributed by atoms with Gasteiger partial charge in [-0.2, -0.15) is 0 Å². The molecule has 0 unspecified atom stereocenters. The van der Waals surface area contributed by atoms with Crippen LogP contribution in [0.15, 0.2) is 32.5 Å². The van der Waals surface area contributed by atoms with Crippen molar-refractivity contribution in [3.8, 4) is 5.75 Å². The molecule has 0 N–H and O–H groups in total. The summed E-state index contributed by atoms with van der Waals surface area (Å²) < 4.78 is 32.8. The van der Waals surface area contributed by atoms with Gasteiger partial charge in [0.05, 0.1) is 4.47 Å². The van der Waals surface area contributed by atoms with E-state index in [1.54, 1.807) is 0 Å². The van der Waals surface area contributed by atoms with Crippen molar-refractivity contribution in [1.82, 2.24) is 0 Å². The molecule has 0 fully saturated rings. The second kappa shape index (κ2) is 5.46. The van der Waals surface area contributed by atoms with Gasteiger partial charge in [0.15, 0.2) is 11.6 Å². The molecule has 6 heteroatoms. The fourth-order valence-electron chi connectivity index (χ4n) is 1.24. The normalized spacial score (nSPS) is 10.6. The molecule has 0 atom stereocenters. The van der Waals surface area contributed by atoms with Gasteiger partial charge in [-0.05, 0) is 44.0 Å². The minimum Gasteiger partial charge on any atom is -0.484 e. The van der Waals surface area contributed by atoms with Gasteiger partial charge < -0.3 is 4.74 Å². The number of halogens is 4. The smallest absolute Gasteiger partial charge is 0.169 e. The Morgan fingerprint density at radius 3 is 2.53 bits per heavy atom. The Balaban J connectivity index is 2.14. The summed E-state index contributed by atoms with van der Waals surface area (Å²) in [5.41, 5.74) is 0. The lowest BCUT2D eigenvalue weighted by atomic mass is 10.3. The molecule has 17 heavy (non-hydrogen) atoms. The van der Waals surface area contributed by atoms with Crippen LogP contribution in [0.2, 0.25) is 0 Å². The topological polar surface area (TPSA) is 9.23 Å². The van der Waals surface area contributed by atoms with Crippen LogP contribution in [0.4, 0.5) is 8.78 Å². The van der Waals surface area contributed by atoms with E-state index in [0.29, 0.717) is 0 Å². The number of rotatable bonds is 3. The Labute approximate surface area is 118 Å². The number of thiophene rings is 1. The van der Waals surface area contributed by atoms with Gasteiger partial charge in [-0.1, -0.05) is 0 Å². The van der Waals surface area contributed by atoms with Crippen molar-refractivity contribution in [2.75, 3.05) is 0 Å². The molecule has 0 aliphatic heterocycles. The summed E-state index contributed by atoms with van der Waals surface area (Å²) in [7, 11) is 0. The summed E-state index contributed by atoms with van der Waals surface area (Å²) >= 11 is 7.88. The fraction of sp³-hybridized carbons (Fsp3) is 0.0909. The van der Waals surface area contributed by atoms with E-state index in [-0.39, 0.29) is 16.8 Å². The molecule has 0 spiro atoms. The van der Waals surface area contributed by atoms with Crippen LogP contribution in [0.25, 0.3) is 0 Å². The maximum atomic E-state index is 13.4. The van der Waals surface area contributed by atoms with Gasteiger partial charge in [-0.15, -0.1) is 11.3 Å². The Hall–Kier alpha value is -0.460. The summed E-state index contributed by atoms with van der Waals surface area (Å²) in [5, 5.41) is 1.91. The van der Waals surface area contributed by atoms with E-state index in [1.807, 2.05) is 11.4 Å². The van der Waals surface area contributed by atoms with Crippen LogP contribution in [0.3, 0.4) is 0 Å². The monoisotopic (exact) mass is 382 g/mol. The van der Waals surface area contributed by atoms with Gasteiger partial charge in [0.1, 0.15) is 12.4 Å². The molecule has 0 radical (unpaired) electrons. The van der Waals surface area contributed by atoms with Gasteiger partial charge in [-0.25, -0.2) is 8.78 Å². The number of hydrogen-bond acceptors (Lipinski definition) is 2. The van der Waals surface area contributed by atoms with Crippen LogP contribution >= 0.6 is 43.2 Å². The predicted octanol–water partition coefficient (Wildman–Crippen LogP) is 5.13. The molecule has 0 bridgehead atoms. The second-order valence-electron chi connectivity index (χ2n) is 3.22. The highest BCUT2D eigenvalue weighted by atomic mass is 79.9. The van der Waals surface area contributed by atoms with E-state index in [4.69, 9.17) is 4.74 Å². The molecular weight excluding hydrogens is 378 g/mol. The minimum absolute atomic E-state index is 0.0240. The highest BCUT2D eigenvalue weighted by Crippen LogP contribution is 2.30. The first-order valence-electron chi connectivity index (χ1n) is 4.56. The number of hydrogen-bond donors (Lipinski definition) is 0. The molecule has 0 aliphatic rings. The third-order valence-corrected chi connectivity index (χ3v) is 4.20. The largest absolute Gasteiger partial charge is 0.484 e. The lowest BCUT2D eigenvalue weighted by molar-refractivity contribution is 0.290. The van der Waals surface area contributed by atoms with Crippen molar-refractivity contribution >= 4 is 43.2 Å². The molecule has 0 aliphatic carbocycles. The third kappa shape index (κ3) is 3.26. The molecule has 0 amide bonds. The SMILES string of the molecule is Fc1cc(F)c(OCc2cc(Br)cs2)c(Br)c1. The second-order valence-corrected chi connectivity index (χ2v) is 5.98. The molecule has 1 aromatic carbocycles. The molecule has 0 saturated carbocycles. The molecule has 2 rings (SSSR count). The summed E-state index contributed by atoms with van der Waals surface area (Å²) in [4.78, 5) is 0.951. The Morgan fingerprint density at radius 1 is 1.18 bits per heavy atom. The first-order valence-corrected chi connectivity index (χ1v) is 7.03. The highest BCUT2D eigenvalue weighted by Gasteiger charge is 2.11. The first-order chi connectivity index (χ1) is 8.06. The van der Waals surface area contributed by atoms with Crippen LogP contribution in [-0.4, -0.2) is 0 Å². The van der Waals surface area contributed by atoms with Crippen LogP contribution in [0.1, 0.15) is 4.88 Å². The summed E-state index contributed by atoms with van der Waals surface area (Å²) in [6.07, 6.45) is 0. The Morgan fingerprint density at radius 2 is 1.94 bits per heavy atom. The highest BCUT2D eigenvalue weighted by molar-refractivity contribution is 9.10. The van der Waals surface area contributed by atoms with E-state index in [2.05, 4.69) is 31.9 Å². The zero-order valence-electron chi connectivity index (χ0n) is 8.34. The molecule has 90 valence electrons. The van der Waals surface area contributed by atoms with E-state index in [0.717, 1.165) is 15.4 Å².